The molecule has 0 atom stereocenters. The van der Waals surface area contributed by atoms with E-state index in [4.69, 9.17) is 16.0 Å². The van der Waals surface area contributed by atoms with Crippen LogP contribution in [-0.4, -0.2) is 22.6 Å². The molecule has 0 aliphatic heterocycles. The maximum Gasteiger partial charge on any atom is 0.226 e. The van der Waals surface area contributed by atoms with E-state index in [1.807, 2.05) is 0 Å². The molecule has 3 aromatic heterocycles. The quantitative estimate of drug-likeness (QED) is 0.510. The molecule has 10 heteroatoms. The Morgan fingerprint density at radius 3 is 2.71 bits per heavy atom. The summed E-state index contributed by atoms with van der Waals surface area (Å²) in [7, 11) is 0. The number of thiophene rings is 1. The molecule has 0 aliphatic carbocycles. The first-order valence-corrected chi connectivity index (χ1v) is 10.4. The molecular weight excluding hydrogens is 422 g/mol. The second-order valence-electron chi connectivity index (χ2n) is 5.79. The number of anilines is 1. The Labute approximate surface area is 173 Å². The lowest BCUT2D eigenvalue weighted by Crippen LogP contribution is -2.18. The highest BCUT2D eigenvalue weighted by Gasteiger charge is 2.14. The molecular formula is C18H16ClN3O4S2. The molecule has 3 aromatic rings. The number of halogens is 1. The van der Waals surface area contributed by atoms with E-state index >= 15 is 0 Å². The smallest absolute Gasteiger partial charge is 0.226 e. The van der Waals surface area contributed by atoms with E-state index in [0.29, 0.717) is 38.1 Å². The second-order valence-corrected chi connectivity index (χ2v) is 8.36. The molecule has 0 spiro atoms. The largest absolute Gasteiger partial charge is 0.458 e. The van der Waals surface area contributed by atoms with Gasteiger partial charge >= 0.3 is 0 Å². The summed E-state index contributed by atoms with van der Waals surface area (Å²) in [5, 5.41) is 7.52. The second kappa shape index (κ2) is 9.13. The first kappa shape index (κ1) is 20.2. The number of thiazole rings is 1. The van der Waals surface area contributed by atoms with E-state index in [2.05, 4.69) is 15.6 Å². The van der Waals surface area contributed by atoms with Gasteiger partial charge < -0.3 is 15.1 Å². The van der Waals surface area contributed by atoms with Crippen LogP contribution in [0.2, 0.25) is 4.34 Å². The van der Waals surface area contributed by atoms with Crippen molar-refractivity contribution in [2.24, 2.45) is 0 Å². The lowest BCUT2D eigenvalue weighted by Gasteiger charge is -2.00. The highest BCUT2D eigenvalue weighted by Crippen LogP contribution is 2.27. The zero-order valence-corrected chi connectivity index (χ0v) is 17.2. The average molecular weight is 438 g/mol. The van der Waals surface area contributed by atoms with Gasteiger partial charge in [-0.05, 0) is 24.3 Å². The molecule has 2 amide bonds. The molecule has 3 rings (SSSR count). The number of furan rings is 1. The summed E-state index contributed by atoms with van der Waals surface area (Å²) in [6.07, 6.45) is 0.163. The zero-order valence-electron chi connectivity index (χ0n) is 14.8. The SMILES string of the molecule is CC(=O)NCc1ccc(-c2csc(NC(=O)CCC(=O)c3ccc(Cl)s3)n2)o1. The van der Waals surface area contributed by atoms with Crippen LogP contribution >= 0.6 is 34.3 Å². The van der Waals surface area contributed by atoms with Crippen LogP contribution < -0.4 is 10.6 Å². The van der Waals surface area contributed by atoms with Crippen LogP contribution in [0.15, 0.2) is 34.1 Å². The average Bonchev–Trinajstić information content (AvgIpc) is 3.38. The Bertz CT molecular complexity index is 1010. The molecule has 7 nitrogen and oxygen atoms in total. The fourth-order valence-electron chi connectivity index (χ4n) is 2.26. The van der Waals surface area contributed by atoms with Crippen LogP contribution in [0.4, 0.5) is 5.13 Å². The van der Waals surface area contributed by atoms with Gasteiger partial charge in [0.15, 0.2) is 16.7 Å². The molecule has 0 saturated carbocycles. The fourth-order valence-corrected chi connectivity index (χ4v) is 3.99. The van der Waals surface area contributed by atoms with Crippen LogP contribution in [0.3, 0.4) is 0 Å². The summed E-state index contributed by atoms with van der Waals surface area (Å²) >= 11 is 8.27. The maximum atomic E-state index is 12.1. The minimum Gasteiger partial charge on any atom is -0.458 e. The van der Waals surface area contributed by atoms with Gasteiger partial charge in [0.25, 0.3) is 0 Å². The summed E-state index contributed by atoms with van der Waals surface area (Å²) in [4.78, 5) is 39.9. The number of nitrogens with one attached hydrogen (secondary N) is 2. The molecule has 3 heterocycles. The van der Waals surface area contributed by atoms with Crippen LogP contribution in [0.5, 0.6) is 0 Å². The normalized spacial score (nSPS) is 10.6. The summed E-state index contributed by atoms with van der Waals surface area (Å²) in [5.74, 6) is 0.604. The molecule has 0 fully saturated rings. The number of carbonyl (C=O) groups is 3. The predicted molar refractivity (Wildman–Crippen MR) is 109 cm³/mol. The van der Waals surface area contributed by atoms with E-state index in [-0.39, 0.29) is 30.4 Å². The Hall–Kier alpha value is -2.49. The number of Topliss-reactive ketones (excluding diaryl/α,β-unsaturated/α-hetero) is 1. The van der Waals surface area contributed by atoms with Crippen molar-refractivity contribution in [1.82, 2.24) is 10.3 Å². The molecule has 0 saturated heterocycles. The van der Waals surface area contributed by atoms with E-state index in [1.54, 1.807) is 29.6 Å². The molecule has 0 radical (unpaired) electrons. The van der Waals surface area contributed by atoms with Crippen molar-refractivity contribution in [3.63, 3.8) is 0 Å². The van der Waals surface area contributed by atoms with Gasteiger partial charge in [-0.1, -0.05) is 11.6 Å². The topological polar surface area (TPSA) is 101 Å². The van der Waals surface area contributed by atoms with E-state index in [9.17, 15) is 14.4 Å². The number of ketones is 1. The van der Waals surface area contributed by atoms with Crippen molar-refractivity contribution in [1.29, 1.82) is 0 Å². The number of aromatic nitrogens is 1. The van der Waals surface area contributed by atoms with Gasteiger partial charge in [0.1, 0.15) is 11.5 Å². The lowest BCUT2D eigenvalue weighted by molar-refractivity contribution is -0.119. The summed E-state index contributed by atoms with van der Waals surface area (Å²) in [6.45, 7) is 1.73. The third-order valence-corrected chi connectivity index (χ3v) is 5.63. The molecule has 2 N–H and O–H groups in total. The predicted octanol–water partition coefficient (Wildman–Crippen LogP) is 4.36. The molecule has 0 bridgehead atoms. The molecule has 146 valence electrons. The molecule has 0 aliphatic rings. The Morgan fingerprint density at radius 1 is 1.18 bits per heavy atom. The number of rotatable bonds is 8. The van der Waals surface area contributed by atoms with E-state index in [0.717, 1.165) is 0 Å². The number of hydrogen-bond donors (Lipinski definition) is 2. The summed E-state index contributed by atoms with van der Waals surface area (Å²) in [6, 6.07) is 6.82. The van der Waals surface area contributed by atoms with Gasteiger partial charge in [-0.2, -0.15) is 0 Å². The van der Waals surface area contributed by atoms with Crippen LogP contribution in [0.1, 0.15) is 35.2 Å². The third kappa shape index (κ3) is 5.51. The standard InChI is InChI=1S/C18H16ClN3O4S2/c1-10(23)20-8-11-2-4-14(26-11)12-9-27-18(21-12)22-17(25)7-3-13(24)15-5-6-16(19)28-15/h2,4-6,9H,3,7-8H2,1H3,(H,20,23)(H,21,22,25). The highest BCUT2D eigenvalue weighted by molar-refractivity contribution is 7.18. The Morgan fingerprint density at radius 2 is 2.00 bits per heavy atom. The minimum atomic E-state index is -0.289. The van der Waals surface area contributed by atoms with Crippen LogP contribution in [0, 0.1) is 0 Å². The van der Waals surface area contributed by atoms with Gasteiger partial charge in [0.2, 0.25) is 11.8 Å². The first-order chi connectivity index (χ1) is 13.4. The third-order valence-electron chi connectivity index (χ3n) is 3.60. The molecule has 28 heavy (non-hydrogen) atoms. The van der Waals surface area contributed by atoms with Gasteiger partial charge in [0, 0.05) is 25.1 Å². The van der Waals surface area contributed by atoms with E-state index in [1.165, 1.54) is 29.6 Å². The molecule has 0 unspecified atom stereocenters. The van der Waals surface area contributed by atoms with Crippen LogP contribution in [-0.2, 0) is 16.1 Å². The summed E-state index contributed by atoms with van der Waals surface area (Å²) in [5.41, 5.74) is 0.582. The Kier molecular flexibility index (Phi) is 6.61. The van der Waals surface area contributed by atoms with Crippen molar-refractivity contribution < 1.29 is 18.8 Å². The lowest BCUT2D eigenvalue weighted by atomic mass is 10.2. The van der Waals surface area contributed by atoms with Crippen molar-refractivity contribution >= 4 is 57.0 Å². The minimum absolute atomic E-state index is 0.0604. The zero-order chi connectivity index (χ0) is 20.1. The van der Waals surface area contributed by atoms with Crippen molar-refractivity contribution in [3.05, 3.63) is 44.6 Å². The number of nitrogens with zero attached hydrogens (tertiary/aromatic N) is 1. The van der Waals surface area contributed by atoms with Gasteiger partial charge in [0.05, 0.1) is 15.8 Å². The first-order valence-electron chi connectivity index (χ1n) is 8.28. The highest BCUT2D eigenvalue weighted by atomic mass is 35.5. The van der Waals surface area contributed by atoms with Crippen molar-refractivity contribution in [2.75, 3.05) is 5.32 Å². The number of carbonyl (C=O) groups excluding carboxylic acids is 3. The monoisotopic (exact) mass is 437 g/mol. The van der Waals surface area contributed by atoms with Gasteiger partial charge in [-0.3, -0.25) is 14.4 Å². The van der Waals surface area contributed by atoms with E-state index < -0.39 is 0 Å². The van der Waals surface area contributed by atoms with Crippen molar-refractivity contribution in [3.8, 4) is 11.5 Å². The fraction of sp³-hybridized carbons (Fsp3) is 0.222. The maximum absolute atomic E-state index is 12.1. The van der Waals surface area contributed by atoms with Crippen molar-refractivity contribution in [2.45, 2.75) is 26.3 Å². The number of amides is 2. The van der Waals surface area contributed by atoms with Crippen LogP contribution in [0.25, 0.3) is 11.5 Å². The molecule has 0 aromatic carbocycles. The number of hydrogen-bond acceptors (Lipinski definition) is 7. The van der Waals surface area contributed by atoms with Gasteiger partial charge in [-0.25, -0.2) is 4.98 Å². The Balaban J connectivity index is 1.52. The van der Waals surface area contributed by atoms with Gasteiger partial charge in [-0.15, -0.1) is 22.7 Å². The summed E-state index contributed by atoms with van der Waals surface area (Å²) < 4.78 is 6.17.